The summed E-state index contributed by atoms with van der Waals surface area (Å²) in [5, 5.41) is -0.906. The maximum Gasteiger partial charge on any atom is 0.247 e. The molecule has 1 aliphatic heterocycles. The van der Waals surface area contributed by atoms with E-state index in [1.807, 2.05) is 105 Å². The van der Waals surface area contributed by atoms with Crippen molar-refractivity contribution < 1.29 is 19.1 Å². The van der Waals surface area contributed by atoms with E-state index in [1.165, 1.54) is 0 Å². The third-order valence-corrected chi connectivity index (χ3v) is 7.68. The lowest BCUT2D eigenvalue weighted by molar-refractivity contribution is -0.136. The predicted molar refractivity (Wildman–Crippen MR) is 157 cm³/mol. The molecule has 40 heavy (non-hydrogen) atoms. The number of alkyl halides is 1. The lowest BCUT2D eigenvalue weighted by atomic mass is 9.96. The monoisotopic (exact) mass is 557 g/mol. The molecule has 3 aromatic carbocycles. The molecule has 0 fully saturated rings. The number of hydrogen-bond acceptors (Lipinski definition) is 4. The van der Waals surface area contributed by atoms with Crippen molar-refractivity contribution in [3.05, 3.63) is 108 Å². The lowest BCUT2D eigenvalue weighted by Gasteiger charge is -2.40. The molecule has 0 radical (unpaired) electrons. The van der Waals surface area contributed by atoms with Crippen molar-refractivity contribution in [3.8, 4) is 17.2 Å². The average molecular weight is 558 g/mol. The highest BCUT2D eigenvalue weighted by atomic mass is 35.5. The van der Waals surface area contributed by atoms with Crippen molar-refractivity contribution in [3.63, 3.8) is 0 Å². The number of amides is 2. The van der Waals surface area contributed by atoms with Crippen molar-refractivity contribution in [2.75, 3.05) is 25.7 Å². The van der Waals surface area contributed by atoms with Crippen LogP contribution in [0.3, 0.4) is 0 Å². The Morgan fingerprint density at radius 1 is 0.900 bits per heavy atom. The Morgan fingerprint density at radius 2 is 1.60 bits per heavy atom. The quantitative estimate of drug-likeness (QED) is 0.244. The van der Waals surface area contributed by atoms with Crippen LogP contribution < -0.4 is 14.4 Å². The van der Waals surface area contributed by atoms with E-state index >= 15 is 0 Å². The minimum atomic E-state index is -0.906. The Hall–Kier alpha value is -4.23. The van der Waals surface area contributed by atoms with E-state index in [0.717, 1.165) is 22.6 Å². The standard InChI is InChI=1S/C32H32ClN3O4/c1-21(2)35(32(38)30(33)22-11-6-5-7-12-22)20-29(37)36-26-14-9-8-13-25(26)34-18-10-15-27(34)31(36)24-19-23(39-3)16-17-28(24)40-4/h5-19,21,30-31H,20H2,1-4H3. The molecular formula is C32H32ClN3O4. The maximum atomic E-state index is 14.4. The molecule has 2 heterocycles. The third-order valence-electron chi connectivity index (χ3n) is 7.24. The molecule has 2 atom stereocenters. The van der Waals surface area contributed by atoms with Gasteiger partial charge in [-0.05, 0) is 61.9 Å². The van der Waals surface area contributed by atoms with Gasteiger partial charge in [0.05, 0.1) is 31.3 Å². The number of para-hydroxylation sites is 2. The summed E-state index contributed by atoms with van der Waals surface area (Å²) in [6.07, 6.45) is 1.98. The Balaban J connectivity index is 1.59. The smallest absolute Gasteiger partial charge is 0.247 e. The van der Waals surface area contributed by atoms with Crippen molar-refractivity contribution in [2.24, 2.45) is 0 Å². The van der Waals surface area contributed by atoms with E-state index in [0.29, 0.717) is 17.1 Å². The van der Waals surface area contributed by atoms with Gasteiger partial charge in [0.25, 0.3) is 0 Å². The van der Waals surface area contributed by atoms with Crippen molar-refractivity contribution in [1.82, 2.24) is 9.47 Å². The Kier molecular flexibility index (Phi) is 7.85. The summed E-state index contributed by atoms with van der Waals surface area (Å²) in [4.78, 5) is 31.3. The first-order valence-corrected chi connectivity index (χ1v) is 13.6. The second-order valence-corrected chi connectivity index (χ2v) is 10.3. The minimum Gasteiger partial charge on any atom is -0.497 e. The number of benzene rings is 3. The van der Waals surface area contributed by atoms with Crippen LogP contribution in [-0.4, -0.2) is 48.1 Å². The molecule has 0 spiro atoms. The van der Waals surface area contributed by atoms with Crippen LogP contribution in [0.2, 0.25) is 0 Å². The summed E-state index contributed by atoms with van der Waals surface area (Å²) < 4.78 is 13.4. The van der Waals surface area contributed by atoms with Gasteiger partial charge in [-0.3, -0.25) is 14.5 Å². The van der Waals surface area contributed by atoms with E-state index in [2.05, 4.69) is 4.57 Å². The van der Waals surface area contributed by atoms with Gasteiger partial charge in [-0.15, -0.1) is 11.6 Å². The number of ether oxygens (including phenoxy) is 2. The first-order valence-electron chi connectivity index (χ1n) is 13.2. The molecule has 0 saturated heterocycles. The topological polar surface area (TPSA) is 64.0 Å². The first-order chi connectivity index (χ1) is 19.3. The number of hydrogen-bond donors (Lipinski definition) is 0. The second kappa shape index (κ2) is 11.5. The molecule has 5 rings (SSSR count). The van der Waals surface area contributed by atoms with Crippen LogP contribution in [0.4, 0.5) is 5.69 Å². The number of carbonyl (C=O) groups is 2. The molecule has 1 aliphatic rings. The number of halogens is 1. The molecule has 2 unspecified atom stereocenters. The third kappa shape index (κ3) is 4.93. The Morgan fingerprint density at radius 3 is 2.27 bits per heavy atom. The molecule has 8 heteroatoms. The zero-order chi connectivity index (χ0) is 28.4. The van der Waals surface area contributed by atoms with Crippen LogP contribution in [0.15, 0.2) is 91.1 Å². The van der Waals surface area contributed by atoms with Crippen LogP contribution in [0.5, 0.6) is 11.5 Å². The van der Waals surface area contributed by atoms with Gasteiger partial charge in [0, 0.05) is 17.8 Å². The van der Waals surface area contributed by atoms with E-state index < -0.39 is 11.4 Å². The predicted octanol–water partition coefficient (Wildman–Crippen LogP) is 6.15. The van der Waals surface area contributed by atoms with Gasteiger partial charge in [-0.2, -0.15) is 0 Å². The molecule has 7 nitrogen and oxygen atoms in total. The van der Waals surface area contributed by atoms with Gasteiger partial charge in [-0.25, -0.2) is 0 Å². The highest BCUT2D eigenvalue weighted by molar-refractivity contribution is 6.31. The summed E-state index contributed by atoms with van der Waals surface area (Å²) in [7, 11) is 3.21. The lowest BCUT2D eigenvalue weighted by Crippen LogP contribution is -2.49. The highest BCUT2D eigenvalue weighted by Gasteiger charge is 2.39. The van der Waals surface area contributed by atoms with Crippen LogP contribution in [0.25, 0.3) is 5.69 Å². The largest absolute Gasteiger partial charge is 0.497 e. The maximum absolute atomic E-state index is 14.4. The van der Waals surface area contributed by atoms with Gasteiger partial charge >= 0.3 is 0 Å². The first kappa shape index (κ1) is 27.3. The SMILES string of the molecule is COc1ccc(OC)c(C2c3cccn3-c3ccccc3N2C(=O)CN(C(=O)C(Cl)c2ccccc2)C(C)C)c1. The number of carbonyl (C=O) groups excluding carboxylic acids is 2. The molecule has 1 aromatic heterocycles. The number of nitrogens with zero attached hydrogens (tertiary/aromatic N) is 3. The van der Waals surface area contributed by atoms with Crippen LogP contribution >= 0.6 is 11.6 Å². The van der Waals surface area contributed by atoms with Gasteiger partial charge in [0.1, 0.15) is 29.5 Å². The van der Waals surface area contributed by atoms with E-state index in [1.54, 1.807) is 24.0 Å². The summed E-state index contributed by atoms with van der Waals surface area (Å²) in [6.45, 7) is 3.62. The van der Waals surface area contributed by atoms with Crippen molar-refractivity contribution >= 4 is 29.1 Å². The summed E-state index contributed by atoms with van der Waals surface area (Å²) >= 11 is 6.65. The molecule has 0 saturated carbocycles. The zero-order valence-corrected chi connectivity index (χ0v) is 23.7. The molecular weight excluding hydrogens is 526 g/mol. The van der Waals surface area contributed by atoms with Gasteiger partial charge in [0.2, 0.25) is 11.8 Å². The zero-order valence-electron chi connectivity index (χ0n) is 23.0. The van der Waals surface area contributed by atoms with Crippen LogP contribution in [0.1, 0.15) is 42.1 Å². The molecule has 2 amide bonds. The Labute approximate surface area is 239 Å². The van der Waals surface area contributed by atoms with E-state index in [-0.39, 0.29) is 24.4 Å². The summed E-state index contributed by atoms with van der Waals surface area (Å²) in [5.41, 5.74) is 3.95. The fraction of sp³-hybridized carbons (Fsp3) is 0.250. The summed E-state index contributed by atoms with van der Waals surface area (Å²) in [6, 6.07) is 25.7. The normalized spacial score (nSPS) is 14.8. The Bertz CT molecular complexity index is 1520. The van der Waals surface area contributed by atoms with Crippen LogP contribution in [0, 0.1) is 0 Å². The van der Waals surface area contributed by atoms with Gasteiger partial charge < -0.3 is 18.9 Å². The second-order valence-electron chi connectivity index (χ2n) is 9.90. The number of aromatic nitrogens is 1. The average Bonchev–Trinajstić information content (AvgIpc) is 3.48. The number of fused-ring (bicyclic) bond motifs is 3. The summed E-state index contributed by atoms with van der Waals surface area (Å²) in [5.74, 6) is 0.707. The fourth-order valence-corrected chi connectivity index (χ4v) is 5.53. The van der Waals surface area contributed by atoms with Gasteiger partial charge in [-0.1, -0.05) is 42.5 Å². The van der Waals surface area contributed by atoms with E-state index in [9.17, 15) is 9.59 Å². The van der Waals surface area contributed by atoms with Gasteiger partial charge in [0.15, 0.2) is 0 Å². The highest BCUT2D eigenvalue weighted by Crippen LogP contribution is 2.45. The number of methoxy groups -OCH3 is 2. The van der Waals surface area contributed by atoms with E-state index in [4.69, 9.17) is 21.1 Å². The fourth-order valence-electron chi connectivity index (χ4n) is 5.26. The molecule has 0 N–H and O–H groups in total. The molecule has 4 aromatic rings. The molecule has 0 bridgehead atoms. The number of anilines is 1. The van der Waals surface area contributed by atoms with Crippen molar-refractivity contribution in [2.45, 2.75) is 31.3 Å². The van der Waals surface area contributed by atoms with Crippen molar-refractivity contribution in [1.29, 1.82) is 0 Å². The van der Waals surface area contributed by atoms with Crippen LogP contribution in [-0.2, 0) is 9.59 Å². The minimum absolute atomic E-state index is 0.148. The molecule has 206 valence electrons. The molecule has 0 aliphatic carbocycles. The number of rotatable bonds is 8.